The summed E-state index contributed by atoms with van der Waals surface area (Å²) < 4.78 is 0. The van der Waals surface area contributed by atoms with Crippen molar-refractivity contribution < 1.29 is 14.7 Å². The Morgan fingerprint density at radius 2 is 2.06 bits per heavy atom. The van der Waals surface area contributed by atoms with Crippen molar-refractivity contribution in [3.8, 4) is 0 Å². The van der Waals surface area contributed by atoms with Crippen molar-refractivity contribution in [3.05, 3.63) is 0 Å². The van der Waals surface area contributed by atoms with E-state index in [1.54, 1.807) is 6.92 Å². The highest BCUT2D eigenvalue weighted by Crippen LogP contribution is 2.33. The Bertz CT molecular complexity index is 315. The number of carboxylic acid groups (broad SMARTS) is 1. The number of hydrogen-bond acceptors (Lipinski definition) is 2. The first-order chi connectivity index (χ1) is 8.37. The van der Waals surface area contributed by atoms with Gasteiger partial charge in [-0.25, -0.2) is 9.59 Å². The number of rotatable bonds is 7. The van der Waals surface area contributed by atoms with Crippen molar-refractivity contribution in [1.82, 2.24) is 10.6 Å². The predicted molar refractivity (Wildman–Crippen MR) is 69.4 cm³/mol. The minimum Gasteiger partial charge on any atom is -0.480 e. The van der Waals surface area contributed by atoms with E-state index in [1.807, 2.05) is 13.8 Å². The van der Waals surface area contributed by atoms with Gasteiger partial charge in [0.05, 0.1) is 0 Å². The zero-order chi connectivity index (χ0) is 13.8. The van der Waals surface area contributed by atoms with Crippen LogP contribution in [0.5, 0.6) is 0 Å². The average Bonchev–Trinajstić information content (AvgIpc) is 3.00. The van der Waals surface area contributed by atoms with E-state index in [2.05, 4.69) is 10.6 Å². The smallest absolute Gasteiger partial charge is 0.329 e. The summed E-state index contributed by atoms with van der Waals surface area (Å²) in [6.07, 6.45) is 4.60. The summed E-state index contributed by atoms with van der Waals surface area (Å²) in [6.45, 7) is 5.40. The number of nitrogens with one attached hydrogen (secondary N) is 2. The number of hydrogen-bond donors (Lipinski definition) is 3. The molecule has 0 radical (unpaired) electrons. The van der Waals surface area contributed by atoms with Crippen LogP contribution in [0.4, 0.5) is 4.79 Å². The molecule has 0 saturated heterocycles. The van der Waals surface area contributed by atoms with Crippen LogP contribution in [0.1, 0.15) is 52.9 Å². The highest BCUT2D eigenvalue weighted by atomic mass is 16.4. The standard InChI is InChI=1S/C13H24N2O3/c1-4-7-13(3,11(16)17)15-12(18)14-9(2)8-10-5-6-10/h9-10H,4-8H2,1-3H3,(H,16,17)(H2,14,15,18). The van der Waals surface area contributed by atoms with Gasteiger partial charge in [0.15, 0.2) is 0 Å². The van der Waals surface area contributed by atoms with Gasteiger partial charge >= 0.3 is 12.0 Å². The monoisotopic (exact) mass is 256 g/mol. The fourth-order valence-electron chi connectivity index (χ4n) is 2.15. The largest absolute Gasteiger partial charge is 0.480 e. The molecule has 5 heteroatoms. The molecule has 2 unspecified atom stereocenters. The lowest BCUT2D eigenvalue weighted by molar-refractivity contribution is -0.144. The Morgan fingerprint density at radius 1 is 1.44 bits per heavy atom. The van der Waals surface area contributed by atoms with Gasteiger partial charge in [-0.05, 0) is 32.6 Å². The molecule has 18 heavy (non-hydrogen) atoms. The summed E-state index contributed by atoms with van der Waals surface area (Å²) >= 11 is 0. The molecular formula is C13H24N2O3. The third-order valence-corrected chi connectivity index (χ3v) is 3.37. The van der Waals surface area contributed by atoms with E-state index in [4.69, 9.17) is 5.11 Å². The van der Waals surface area contributed by atoms with Gasteiger partial charge in [-0.1, -0.05) is 26.2 Å². The summed E-state index contributed by atoms with van der Waals surface area (Å²) in [5, 5.41) is 14.5. The van der Waals surface area contributed by atoms with Crippen molar-refractivity contribution >= 4 is 12.0 Å². The lowest BCUT2D eigenvalue weighted by Crippen LogP contribution is -2.56. The van der Waals surface area contributed by atoms with Gasteiger partial charge in [0.25, 0.3) is 0 Å². The fourth-order valence-corrected chi connectivity index (χ4v) is 2.15. The summed E-state index contributed by atoms with van der Waals surface area (Å²) in [5.41, 5.74) is -1.18. The second-order valence-corrected chi connectivity index (χ2v) is 5.57. The summed E-state index contributed by atoms with van der Waals surface area (Å²) in [7, 11) is 0. The maximum Gasteiger partial charge on any atom is 0.329 e. The Balaban J connectivity index is 2.42. The molecule has 5 nitrogen and oxygen atoms in total. The first-order valence-electron chi connectivity index (χ1n) is 6.69. The lowest BCUT2D eigenvalue weighted by atomic mass is 9.96. The molecule has 1 rings (SSSR count). The molecule has 104 valence electrons. The summed E-state index contributed by atoms with van der Waals surface area (Å²) in [6, 6.07) is -0.293. The highest BCUT2D eigenvalue weighted by Gasteiger charge is 2.34. The van der Waals surface area contributed by atoms with E-state index in [-0.39, 0.29) is 12.1 Å². The van der Waals surface area contributed by atoms with Crippen LogP contribution >= 0.6 is 0 Å². The normalized spacial score (nSPS) is 19.7. The maximum atomic E-state index is 11.8. The fraction of sp³-hybridized carbons (Fsp3) is 0.846. The molecule has 3 N–H and O–H groups in total. The van der Waals surface area contributed by atoms with Crippen molar-refractivity contribution in [2.45, 2.75) is 64.5 Å². The van der Waals surface area contributed by atoms with Gasteiger partial charge < -0.3 is 15.7 Å². The van der Waals surface area contributed by atoms with Crippen molar-refractivity contribution in [1.29, 1.82) is 0 Å². The molecule has 0 aliphatic heterocycles. The van der Waals surface area contributed by atoms with Gasteiger partial charge in [0.1, 0.15) is 5.54 Å². The van der Waals surface area contributed by atoms with E-state index in [0.717, 1.165) is 12.3 Å². The molecule has 2 atom stereocenters. The van der Waals surface area contributed by atoms with Crippen LogP contribution in [0.25, 0.3) is 0 Å². The Hall–Kier alpha value is -1.26. The van der Waals surface area contributed by atoms with Gasteiger partial charge in [-0.3, -0.25) is 0 Å². The van der Waals surface area contributed by atoms with Gasteiger partial charge in [0, 0.05) is 6.04 Å². The van der Waals surface area contributed by atoms with Gasteiger partial charge in [-0.15, -0.1) is 0 Å². The minimum absolute atomic E-state index is 0.0946. The molecule has 0 bridgehead atoms. The zero-order valence-electron chi connectivity index (χ0n) is 11.5. The van der Waals surface area contributed by atoms with Crippen molar-refractivity contribution in [3.63, 3.8) is 0 Å². The molecule has 1 saturated carbocycles. The predicted octanol–water partition coefficient (Wildman–Crippen LogP) is 2.12. The van der Waals surface area contributed by atoms with Crippen LogP contribution in [0.2, 0.25) is 0 Å². The molecule has 1 fully saturated rings. The Morgan fingerprint density at radius 3 is 2.50 bits per heavy atom. The molecule has 1 aliphatic carbocycles. The molecule has 0 aromatic heterocycles. The van der Waals surface area contributed by atoms with Crippen LogP contribution in [-0.2, 0) is 4.79 Å². The van der Waals surface area contributed by atoms with Crippen LogP contribution < -0.4 is 10.6 Å². The van der Waals surface area contributed by atoms with Gasteiger partial charge in [-0.2, -0.15) is 0 Å². The molecule has 0 spiro atoms. The van der Waals surface area contributed by atoms with Crippen LogP contribution in [0, 0.1) is 5.92 Å². The van der Waals surface area contributed by atoms with E-state index < -0.39 is 11.5 Å². The number of amides is 2. The maximum absolute atomic E-state index is 11.8. The topological polar surface area (TPSA) is 78.4 Å². The number of carbonyl (C=O) groups excluding carboxylic acids is 1. The quantitative estimate of drug-likeness (QED) is 0.653. The van der Waals surface area contributed by atoms with Crippen molar-refractivity contribution in [2.24, 2.45) is 5.92 Å². The number of carboxylic acids is 1. The van der Waals surface area contributed by atoms with Gasteiger partial charge in [0.2, 0.25) is 0 Å². The first-order valence-corrected chi connectivity index (χ1v) is 6.69. The van der Waals surface area contributed by atoms with Crippen LogP contribution in [-0.4, -0.2) is 28.7 Å². The SMILES string of the molecule is CCCC(C)(NC(=O)NC(C)CC1CC1)C(=O)O. The van der Waals surface area contributed by atoms with Crippen molar-refractivity contribution in [2.75, 3.05) is 0 Å². The average molecular weight is 256 g/mol. The third-order valence-electron chi connectivity index (χ3n) is 3.37. The summed E-state index contributed by atoms with van der Waals surface area (Å²) in [4.78, 5) is 22.9. The Kier molecular flexibility index (Phi) is 4.99. The number of urea groups is 1. The van der Waals surface area contributed by atoms with Crippen LogP contribution in [0.15, 0.2) is 0 Å². The third kappa shape index (κ3) is 4.55. The Labute approximate surface area is 108 Å². The molecule has 2 amide bonds. The van der Waals surface area contributed by atoms with Crippen LogP contribution in [0.3, 0.4) is 0 Å². The van der Waals surface area contributed by atoms with E-state index >= 15 is 0 Å². The van der Waals surface area contributed by atoms with E-state index in [1.165, 1.54) is 12.8 Å². The minimum atomic E-state index is -1.18. The zero-order valence-corrected chi connectivity index (χ0v) is 11.5. The first kappa shape index (κ1) is 14.8. The molecule has 0 aromatic carbocycles. The molecule has 0 heterocycles. The lowest BCUT2D eigenvalue weighted by Gasteiger charge is -2.27. The second kappa shape index (κ2) is 6.07. The molecule has 0 aromatic rings. The number of aliphatic carboxylic acids is 1. The highest BCUT2D eigenvalue weighted by molar-refractivity contribution is 5.85. The summed E-state index contributed by atoms with van der Waals surface area (Å²) in [5.74, 6) is -0.254. The second-order valence-electron chi connectivity index (χ2n) is 5.57. The number of carbonyl (C=O) groups is 2. The van der Waals surface area contributed by atoms with E-state index in [9.17, 15) is 9.59 Å². The molecular weight excluding hydrogens is 232 g/mol. The van der Waals surface area contributed by atoms with E-state index in [0.29, 0.717) is 12.8 Å². The molecule has 1 aliphatic rings.